The van der Waals surface area contributed by atoms with Gasteiger partial charge in [0.25, 0.3) is 0 Å². The molecule has 3 aromatic carbocycles. The van der Waals surface area contributed by atoms with Crippen LogP contribution in [0.2, 0.25) is 10.0 Å². The summed E-state index contributed by atoms with van der Waals surface area (Å²) in [5.41, 5.74) is 11.1. The van der Waals surface area contributed by atoms with Gasteiger partial charge in [-0.2, -0.15) is 5.10 Å². The first kappa shape index (κ1) is 39.2. The maximum Gasteiger partial charge on any atom is 0.207 e. The second-order valence-electron chi connectivity index (χ2n) is 12.6. The number of rotatable bonds is 14. The van der Waals surface area contributed by atoms with Gasteiger partial charge < -0.3 is 25.0 Å². The molecule has 1 amide bonds. The molecule has 0 saturated carbocycles. The number of amides is 1. The van der Waals surface area contributed by atoms with Gasteiger partial charge in [-0.05, 0) is 100 Å². The third kappa shape index (κ3) is 8.67. The van der Waals surface area contributed by atoms with Crippen molar-refractivity contribution in [2.45, 2.75) is 53.5 Å². The van der Waals surface area contributed by atoms with Crippen molar-refractivity contribution < 1.29 is 19.4 Å². The number of aldehydes is 1. The van der Waals surface area contributed by atoms with Gasteiger partial charge in [-0.25, -0.2) is 0 Å². The number of carbonyl (C=O) groups is 2. The summed E-state index contributed by atoms with van der Waals surface area (Å²) in [5.74, 6) is 0.787. The Labute approximate surface area is 310 Å². The lowest BCUT2D eigenvalue weighted by atomic mass is 9.91. The van der Waals surface area contributed by atoms with Crippen LogP contribution in [0.4, 0.5) is 5.69 Å². The number of nitrogens with one attached hydrogen (secondary N) is 2. The van der Waals surface area contributed by atoms with Gasteiger partial charge >= 0.3 is 0 Å². The fraction of sp³-hybridized carbons (Fsp3) is 0.325. The first-order valence-electron chi connectivity index (χ1n) is 16.8. The Balaban J connectivity index is 0.00000286. The molecule has 3 N–H and O–H groups in total. The molecule has 5 rings (SSSR count). The van der Waals surface area contributed by atoms with Crippen LogP contribution < -0.4 is 15.4 Å². The number of anilines is 1. The topological polar surface area (TPSA) is 110 Å². The Morgan fingerprint density at radius 3 is 2.33 bits per heavy atom. The minimum atomic E-state index is -0.120. The predicted molar refractivity (Wildman–Crippen MR) is 210 cm³/mol. The molecular weight excluding hydrogens is 685 g/mol. The van der Waals surface area contributed by atoms with Crippen molar-refractivity contribution in [3.8, 4) is 16.9 Å². The Bertz CT molecular complexity index is 2040. The van der Waals surface area contributed by atoms with Crippen LogP contribution in [0, 0.1) is 27.7 Å². The number of aliphatic hydroxyl groups excluding tert-OH is 1. The number of fused-ring (bicyclic) bond motifs is 1. The number of ether oxygens (including phenoxy) is 1. The molecule has 0 aliphatic heterocycles. The van der Waals surface area contributed by atoms with Crippen LogP contribution in [-0.2, 0) is 18.9 Å². The minimum Gasteiger partial charge on any atom is -0.494 e. The molecule has 270 valence electrons. The highest BCUT2D eigenvalue weighted by Gasteiger charge is 2.24. The number of hydrogen-bond donors (Lipinski definition) is 3. The van der Waals surface area contributed by atoms with Crippen molar-refractivity contribution in [2.75, 3.05) is 25.6 Å². The second-order valence-corrected chi connectivity index (χ2v) is 13.4. The van der Waals surface area contributed by atoms with E-state index in [9.17, 15) is 9.59 Å². The number of benzene rings is 3. The Morgan fingerprint density at radius 1 is 1.00 bits per heavy atom. The highest BCUT2D eigenvalue weighted by molar-refractivity contribution is 6.34. The summed E-state index contributed by atoms with van der Waals surface area (Å²) in [6.07, 6.45) is 5.18. The van der Waals surface area contributed by atoms with Gasteiger partial charge in [0.2, 0.25) is 6.41 Å². The molecule has 2 aromatic heterocycles. The quantitative estimate of drug-likeness (QED) is 0.0601. The van der Waals surface area contributed by atoms with Crippen LogP contribution in [0.5, 0.6) is 5.75 Å². The van der Waals surface area contributed by atoms with E-state index >= 15 is 0 Å². The monoisotopic (exact) mass is 731 g/mol. The van der Waals surface area contributed by atoms with Gasteiger partial charge in [-0.1, -0.05) is 47.5 Å². The van der Waals surface area contributed by atoms with Gasteiger partial charge in [-0.3, -0.25) is 14.3 Å². The zero-order valence-electron chi connectivity index (χ0n) is 30.5. The van der Waals surface area contributed by atoms with Crippen LogP contribution in [0.3, 0.4) is 0 Å². The lowest BCUT2D eigenvalue weighted by Crippen LogP contribution is -2.30. The smallest absolute Gasteiger partial charge is 0.207 e. The fourth-order valence-electron chi connectivity index (χ4n) is 6.51. The van der Waals surface area contributed by atoms with Gasteiger partial charge in [0, 0.05) is 66.6 Å². The van der Waals surface area contributed by atoms with Crippen LogP contribution >= 0.6 is 23.2 Å². The van der Waals surface area contributed by atoms with Crippen LogP contribution in [-0.4, -0.2) is 58.5 Å². The predicted octanol–water partition coefficient (Wildman–Crippen LogP) is 8.49. The van der Waals surface area contributed by atoms with Crippen molar-refractivity contribution in [1.82, 2.24) is 19.7 Å². The zero-order valence-corrected chi connectivity index (χ0v) is 32.0. The van der Waals surface area contributed by atoms with E-state index in [0.717, 1.165) is 97.5 Å². The summed E-state index contributed by atoms with van der Waals surface area (Å²) >= 11 is 13.5. The van der Waals surface area contributed by atoms with Crippen LogP contribution in [0.25, 0.3) is 33.7 Å². The third-order valence-corrected chi connectivity index (χ3v) is 9.91. The van der Waals surface area contributed by atoms with E-state index < -0.39 is 0 Å². The van der Waals surface area contributed by atoms with Crippen molar-refractivity contribution in [3.63, 3.8) is 0 Å². The number of halogens is 2. The average Bonchev–Trinajstić information content (AvgIpc) is 3.58. The lowest BCUT2D eigenvalue weighted by molar-refractivity contribution is -0.109. The highest BCUT2D eigenvalue weighted by atomic mass is 35.5. The molecule has 0 radical (unpaired) electrons. The SMILES string of the molecule is CO.Cc1cc(OCCC/C(=C\c2cccc3cc(C=O)n(C)c23)c2ccc(Cl)c(-c3c(C)nn(C)c3C)c2N[C@H](C)CNC=O)cc(C)c1Cl. The highest BCUT2D eigenvalue weighted by Crippen LogP contribution is 2.44. The molecule has 9 nitrogen and oxygen atoms in total. The minimum absolute atomic E-state index is 0.120. The average molecular weight is 733 g/mol. The standard InChI is InChI=1S/C39H43Cl2N5O3.CH4O/c1-23-16-32(17-24(2)37(23)41)49-15-9-12-28(18-29-10-8-11-30-19-31(21-47)45(6)39(29)30)33-13-14-34(40)36(35-26(4)44-46(7)27(35)5)38(33)43-25(3)20-42-22-48;1-2/h8,10-11,13-14,16-19,21-22,25,43H,9,12,15,20H2,1-7H3,(H,42,48);2H,1H3/b28-18+;/t25-;/m1./s1. The van der Waals surface area contributed by atoms with Crippen LogP contribution in [0.15, 0.2) is 48.5 Å². The Kier molecular flexibility index (Phi) is 13.5. The molecule has 0 fully saturated rings. The molecule has 0 aliphatic carbocycles. The van der Waals surface area contributed by atoms with E-state index in [2.05, 4.69) is 28.8 Å². The molecule has 0 aliphatic rings. The van der Waals surface area contributed by atoms with Gasteiger partial charge in [-0.15, -0.1) is 0 Å². The summed E-state index contributed by atoms with van der Waals surface area (Å²) in [6, 6.07) is 15.8. The van der Waals surface area contributed by atoms with E-state index in [1.54, 1.807) is 0 Å². The molecular formula is C40H47Cl2N5O4. The van der Waals surface area contributed by atoms with Crippen molar-refractivity contribution >= 4 is 64.1 Å². The number of nitrogens with zero attached hydrogens (tertiary/aromatic N) is 3. The van der Waals surface area contributed by atoms with E-state index in [-0.39, 0.29) is 6.04 Å². The summed E-state index contributed by atoms with van der Waals surface area (Å²) in [5, 5.41) is 20.5. The number of allylic oxidation sites excluding steroid dienone is 1. The largest absolute Gasteiger partial charge is 0.494 e. The first-order chi connectivity index (χ1) is 24.4. The lowest BCUT2D eigenvalue weighted by Gasteiger charge is -2.24. The molecule has 0 saturated heterocycles. The maximum atomic E-state index is 11.9. The molecule has 2 heterocycles. The molecule has 1 atom stereocenters. The van der Waals surface area contributed by atoms with Crippen molar-refractivity contribution in [2.24, 2.45) is 14.1 Å². The molecule has 0 bridgehead atoms. The van der Waals surface area contributed by atoms with Crippen molar-refractivity contribution in [1.29, 1.82) is 0 Å². The van der Waals surface area contributed by atoms with Crippen LogP contribution in [0.1, 0.15) is 63.9 Å². The summed E-state index contributed by atoms with van der Waals surface area (Å²) in [4.78, 5) is 23.1. The number of aryl methyl sites for hydroxylation is 5. The summed E-state index contributed by atoms with van der Waals surface area (Å²) < 4.78 is 10.0. The molecule has 0 spiro atoms. The number of para-hydroxylation sites is 1. The van der Waals surface area contributed by atoms with E-state index in [1.807, 2.05) is 94.4 Å². The van der Waals surface area contributed by atoms with Gasteiger partial charge in [0.05, 0.1) is 34.2 Å². The molecule has 11 heteroatoms. The van der Waals surface area contributed by atoms with E-state index in [1.165, 1.54) is 0 Å². The molecule has 5 aromatic rings. The van der Waals surface area contributed by atoms with Gasteiger partial charge in [0.15, 0.2) is 6.29 Å². The number of aromatic nitrogens is 3. The normalized spacial score (nSPS) is 11.9. The van der Waals surface area contributed by atoms with Gasteiger partial charge in [0.1, 0.15) is 5.75 Å². The Morgan fingerprint density at radius 2 is 1.71 bits per heavy atom. The fourth-order valence-corrected chi connectivity index (χ4v) is 6.87. The zero-order chi connectivity index (χ0) is 37.4. The summed E-state index contributed by atoms with van der Waals surface area (Å²) in [7, 11) is 4.84. The number of hydrogen-bond acceptors (Lipinski definition) is 6. The summed E-state index contributed by atoms with van der Waals surface area (Å²) in [6.45, 7) is 10.9. The third-order valence-electron chi connectivity index (χ3n) is 9.00. The Hall–Kier alpha value is -4.57. The second kappa shape index (κ2) is 17.6. The number of aliphatic hydroxyl groups is 1. The van der Waals surface area contributed by atoms with E-state index in [4.69, 9.17) is 38.1 Å². The number of carbonyl (C=O) groups excluding carboxylic acids is 2. The first-order valence-corrected chi connectivity index (χ1v) is 17.6. The van der Waals surface area contributed by atoms with Crippen molar-refractivity contribution in [3.05, 3.63) is 97.9 Å². The molecule has 0 unspecified atom stereocenters. The maximum absolute atomic E-state index is 11.9. The molecule has 51 heavy (non-hydrogen) atoms. The van der Waals surface area contributed by atoms with E-state index in [0.29, 0.717) is 36.7 Å².